The molecule has 1 aromatic rings. The van der Waals surface area contributed by atoms with Gasteiger partial charge in [0, 0.05) is 7.05 Å². The summed E-state index contributed by atoms with van der Waals surface area (Å²) in [4.78, 5) is 19.4. The fourth-order valence-electron chi connectivity index (χ4n) is 1.48. The second-order valence-corrected chi connectivity index (χ2v) is 6.45. The minimum Gasteiger partial charge on any atom is -0.486 e. The lowest BCUT2D eigenvalue weighted by Crippen LogP contribution is -2.51. The van der Waals surface area contributed by atoms with E-state index in [-0.39, 0.29) is 16.2 Å². The second-order valence-electron chi connectivity index (χ2n) is 5.75. The summed E-state index contributed by atoms with van der Waals surface area (Å²) in [7, 11) is 0.968. The minimum atomic E-state index is -4.74. The Morgan fingerprint density at radius 2 is 1.92 bits per heavy atom. The molecule has 6 nitrogen and oxygen atoms in total. The van der Waals surface area contributed by atoms with Crippen LogP contribution in [0.25, 0.3) is 0 Å². The van der Waals surface area contributed by atoms with Crippen molar-refractivity contribution < 1.29 is 27.4 Å². The molecule has 0 aliphatic carbocycles. The van der Waals surface area contributed by atoms with Crippen LogP contribution in [0.3, 0.4) is 0 Å². The van der Waals surface area contributed by atoms with Crippen molar-refractivity contribution in [3.05, 3.63) is 16.6 Å². The quantitative estimate of drug-likeness (QED) is 0.575. The van der Waals surface area contributed by atoms with Crippen molar-refractivity contribution in [2.75, 3.05) is 13.7 Å². The van der Waals surface area contributed by atoms with Gasteiger partial charge in [0.25, 0.3) is 0 Å². The lowest BCUT2D eigenvalue weighted by Gasteiger charge is -2.31. The number of rotatable bonds is 4. The van der Waals surface area contributed by atoms with Crippen LogP contribution in [0.1, 0.15) is 20.8 Å². The van der Waals surface area contributed by atoms with E-state index in [9.17, 15) is 18.0 Å². The number of carbonyl (C=O) groups is 1. The molecule has 1 amide bonds. The number of ether oxygens (including phenoxy) is 2. The van der Waals surface area contributed by atoms with Crippen molar-refractivity contribution in [3.8, 4) is 5.75 Å². The van der Waals surface area contributed by atoms with Crippen molar-refractivity contribution in [1.82, 2.24) is 14.9 Å². The molecule has 0 aliphatic heterocycles. The van der Waals surface area contributed by atoms with Crippen LogP contribution in [0.15, 0.2) is 6.20 Å². The first-order chi connectivity index (χ1) is 10.8. The molecule has 1 unspecified atom stereocenters. The van der Waals surface area contributed by atoms with Crippen molar-refractivity contribution >= 4 is 29.3 Å². The van der Waals surface area contributed by atoms with E-state index in [2.05, 4.69) is 9.97 Å². The molecule has 1 aromatic heterocycles. The molecule has 1 heterocycles. The maximum atomic E-state index is 13.2. The normalized spacial score (nSPS) is 13.4. The number of hydrogen-bond acceptors (Lipinski definition) is 5. The van der Waals surface area contributed by atoms with Gasteiger partial charge in [-0.2, -0.15) is 13.2 Å². The van der Waals surface area contributed by atoms with Crippen LogP contribution in [0.5, 0.6) is 5.75 Å². The first-order valence-corrected chi connectivity index (χ1v) is 7.40. The summed E-state index contributed by atoms with van der Waals surface area (Å²) in [5, 5.41) is -0.415. The lowest BCUT2D eigenvalue weighted by molar-refractivity contribution is -0.184. The molecule has 0 aromatic carbocycles. The number of nitrogens with zero attached hydrogens (tertiary/aromatic N) is 3. The number of aromatic nitrogens is 2. The van der Waals surface area contributed by atoms with Crippen molar-refractivity contribution in [2.45, 2.75) is 38.6 Å². The molecule has 136 valence electrons. The molecular formula is C13H16Cl2F3N3O3. The average molecular weight is 390 g/mol. The smallest absolute Gasteiger partial charge is 0.412 e. The highest BCUT2D eigenvalue weighted by Gasteiger charge is 2.46. The highest BCUT2D eigenvalue weighted by atomic mass is 35.5. The fourth-order valence-corrected chi connectivity index (χ4v) is 1.84. The van der Waals surface area contributed by atoms with E-state index in [1.807, 2.05) is 0 Å². The van der Waals surface area contributed by atoms with Gasteiger partial charge in [-0.3, -0.25) is 4.90 Å². The van der Waals surface area contributed by atoms with E-state index >= 15 is 0 Å². The molecular weight excluding hydrogens is 374 g/mol. The second kappa shape index (κ2) is 7.60. The molecule has 0 aliphatic rings. The zero-order chi connectivity index (χ0) is 18.7. The number of carbonyl (C=O) groups excluding carboxylic acids is 1. The molecule has 0 spiro atoms. The van der Waals surface area contributed by atoms with Gasteiger partial charge in [-0.15, -0.1) is 0 Å². The van der Waals surface area contributed by atoms with Crippen LogP contribution in [0, 0.1) is 0 Å². The number of hydrogen-bond donors (Lipinski definition) is 0. The molecule has 0 radical (unpaired) electrons. The Morgan fingerprint density at radius 3 is 2.38 bits per heavy atom. The van der Waals surface area contributed by atoms with E-state index in [1.165, 1.54) is 0 Å². The first kappa shape index (κ1) is 20.6. The first-order valence-electron chi connectivity index (χ1n) is 6.64. The lowest BCUT2D eigenvalue weighted by atomic mass is 10.2. The largest absolute Gasteiger partial charge is 0.486 e. The minimum absolute atomic E-state index is 0.175. The summed E-state index contributed by atoms with van der Waals surface area (Å²) >= 11 is 11.2. The molecule has 0 bridgehead atoms. The highest BCUT2D eigenvalue weighted by molar-refractivity contribution is 6.32. The third-order valence-corrected chi connectivity index (χ3v) is 3.06. The Morgan fingerprint density at radius 1 is 1.33 bits per heavy atom. The van der Waals surface area contributed by atoms with E-state index in [0.717, 1.165) is 13.2 Å². The number of likely N-dealkylation sites (N-methyl/N-ethyl adjacent to an activating group) is 1. The summed E-state index contributed by atoms with van der Waals surface area (Å²) in [5.41, 5.74) is -0.935. The number of alkyl halides is 3. The number of amides is 1. The zero-order valence-corrected chi connectivity index (χ0v) is 14.8. The standard InChI is InChI=1S/C13H16Cl2F3N3O3/c1-12(2,3)24-11(22)21(4)8(13(16,17)18)6-23-7-5-19-10(15)20-9(7)14/h5,8H,6H2,1-4H3. The Labute approximate surface area is 146 Å². The van der Waals surface area contributed by atoms with Crippen LogP contribution < -0.4 is 4.74 Å². The zero-order valence-electron chi connectivity index (χ0n) is 13.3. The van der Waals surface area contributed by atoms with Crippen LogP contribution >= 0.6 is 23.2 Å². The van der Waals surface area contributed by atoms with Crippen molar-refractivity contribution in [2.24, 2.45) is 0 Å². The van der Waals surface area contributed by atoms with Gasteiger partial charge in [-0.05, 0) is 32.4 Å². The molecule has 1 atom stereocenters. The van der Waals surface area contributed by atoms with Crippen LogP contribution in [0.2, 0.25) is 10.4 Å². The maximum Gasteiger partial charge on any atom is 0.412 e. The van der Waals surface area contributed by atoms with Crippen LogP contribution in [0.4, 0.5) is 18.0 Å². The summed E-state index contributed by atoms with van der Waals surface area (Å²) in [5.74, 6) is -0.187. The maximum absolute atomic E-state index is 13.2. The molecule has 0 saturated carbocycles. The molecule has 24 heavy (non-hydrogen) atoms. The van der Waals surface area contributed by atoms with Gasteiger partial charge < -0.3 is 9.47 Å². The third-order valence-electron chi connectivity index (χ3n) is 2.61. The summed E-state index contributed by atoms with van der Waals surface area (Å²) < 4.78 is 49.6. The van der Waals surface area contributed by atoms with E-state index < -0.39 is 30.5 Å². The van der Waals surface area contributed by atoms with Gasteiger partial charge in [-0.1, -0.05) is 11.6 Å². The predicted octanol–water partition coefficient (Wildman–Crippen LogP) is 3.96. The SMILES string of the molecule is CN(C(=O)OC(C)(C)C)C(COc1cnc(Cl)nc1Cl)C(F)(F)F. The Hall–Kier alpha value is -1.48. The summed E-state index contributed by atoms with van der Waals surface area (Å²) in [6.07, 6.45) is -4.84. The summed E-state index contributed by atoms with van der Waals surface area (Å²) in [6.45, 7) is 3.72. The molecule has 0 N–H and O–H groups in total. The Kier molecular flexibility index (Phi) is 6.52. The Bertz CT molecular complexity index is 594. The third kappa shape index (κ3) is 6.20. The van der Waals surface area contributed by atoms with Crippen LogP contribution in [-0.2, 0) is 4.74 Å². The van der Waals surface area contributed by atoms with E-state index in [4.69, 9.17) is 32.7 Å². The van der Waals surface area contributed by atoms with Gasteiger partial charge in [0.2, 0.25) is 5.28 Å². The summed E-state index contributed by atoms with van der Waals surface area (Å²) in [6, 6.07) is -2.25. The van der Waals surface area contributed by atoms with Gasteiger partial charge in [0.1, 0.15) is 12.2 Å². The molecule has 11 heteroatoms. The monoisotopic (exact) mass is 389 g/mol. The van der Waals surface area contributed by atoms with Gasteiger partial charge in [0.15, 0.2) is 16.9 Å². The molecule has 0 saturated heterocycles. The van der Waals surface area contributed by atoms with E-state index in [0.29, 0.717) is 4.90 Å². The average Bonchev–Trinajstić information content (AvgIpc) is 2.37. The fraction of sp³-hybridized carbons (Fsp3) is 0.615. The predicted molar refractivity (Wildman–Crippen MR) is 81.4 cm³/mol. The number of halogens is 5. The highest BCUT2D eigenvalue weighted by Crippen LogP contribution is 2.28. The van der Waals surface area contributed by atoms with Crippen LogP contribution in [-0.4, -0.2) is 52.4 Å². The topological polar surface area (TPSA) is 64.6 Å². The van der Waals surface area contributed by atoms with Gasteiger partial charge >= 0.3 is 12.3 Å². The Balaban J connectivity index is 2.88. The van der Waals surface area contributed by atoms with Crippen molar-refractivity contribution in [3.63, 3.8) is 0 Å². The van der Waals surface area contributed by atoms with Gasteiger partial charge in [-0.25, -0.2) is 14.8 Å². The van der Waals surface area contributed by atoms with Crippen molar-refractivity contribution in [1.29, 1.82) is 0 Å². The van der Waals surface area contributed by atoms with E-state index in [1.54, 1.807) is 20.8 Å². The molecule has 1 rings (SSSR count). The van der Waals surface area contributed by atoms with Gasteiger partial charge in [0.05, 0.1) is 6.20 Å². The molecule has 0 fully saturated rings.